The summed E-state index contributed by atoms with van der Waals surface area (Å²) in [6, 6.07) is 14.3. The van der Waals surface area contributed by atoms with Crippen molar-refractivity contribution in [2.75, 3.05) is 0 Å². The van der Waals surface area contributed by atoms with E-state index >= 15 is 0 Å². The maximum Gasteiger partial charge on any atom is 0.336 e. The number of carbonyl (C=O) groups is 2. The van der Waals surface area contributed by atoms with Crippen LogP contribution in [0.25, 0.3) is 17.2 Å². The van der Waals surface area contributed by atoms with Crippen molar-refractivity contribution in [1.29, 1.82) is 0 Å². The standard InChI is InChI=1S/C24H24N2O4/c1-3-5-8-19-16-26(22(27)4-2)24(30)25(19)15-17-11-13-18(14-12-17)20-9-6-7-10-21(20)23(28)29/h5-14,16H,3-4,15H2,1-2H3,(H,28,29). The van der Waals surface area contributed by atoms with Crippen molar-refractivity contribution in [3.8, 4) is 11.1 Å². The molecule has 0 saturated heterocycles. The molecule has 0 fully saturated rings. The molecule has 0 radical (unpaired) electrons. The van der Waals surface area contributed by atoms with Crippen LogP contribution in [0.2, 0.25) is 0 Å². The Morgan fingerprint density at radius 1 is 1.03 bits per heavy atom. The average molecular weight is 404 g/mol. The number of aromatic carboxylic acids is 1. The first kappa shape index (κ1) is 21.0. The third kappa shape index (κ3) is 4.33. The van der Waals surface area contributed by atoms with E-state index in [1.165, 1.54) is 0 Å². The summed E-state index contributed by atoms with van der Waals surface area (Å²) < 4.78 is 2.73. The first-order valence-corrected chi connectivity index (χ1v) is 9.89. The third-order valence-corrected chi connectivity index (χ3v) is 4.87. The highest BCUT2D eigenvalue weighted by Gasteiger charge is 2.15. The minimum atomic E-state index is -0.976. The second kappa shape index (κ2) is 9.22. The van der Waals surface area contributed by atoms with Gasteiger partial charge in [0.15, 0.2) is 0 Å². The lowest BCUT2D eigenvalue weighted by Crippen LogP contribution is -2.28. The minimum Gasteiger partial charge on any atom is -0.478 e. The lowest BCUT2D eigenvalue weighted by atomic mass is 9.99. The molecule has 0 aliphatic rings. The molecule has 0 bridgehead atoms. The summed E-state index contributed by atoms with van der Waals surface area (Å²) in [4.78, 5) is 36.3. The van der Waals surface area contributed by atoms with Gasteiger partial charge in [-0.1, -0.05) is 62.4 Å². The van der Waals surface area contributed by atoms with Gasteiger partial charge in [-0.15, -0.1) is 0 Å². The number of hydrogen-bond donors (Lipinski definition) is 1. The van der Waals surface area contributed by atoms with Gasteiger partial charge in [0.25, 0.3) is 0 Å². The zero-order valence-corrected chi connectivity index (χ0v) is 17.0. The van der Waals surface area contributed by atoms with Crippen molar-refractivity contribution in [2.24, 2.45) is 0 Å². The number of imidazole rings is 1. The van der Waals surface area contributed by atoms with Gasteiger partial charge in [0, 0.05) is 12.6 Å². The first-order valence-electron chi connectivity index (χ1n) is 9.89. The van der Waals surface area contributed by atoms with E-state index in [9.17, 15) is 19.5 Å². The number of rotatable bonds is 7. The predicted molar refractivity (Wildman–Crippen MR) is 117 cm³/mol. The quantitative estimate of drug-likeness (QED) is 0.627. The van der Waals surface area contributed by atoms with E-state index < -0.39 is 5.97 Å². The van der Waals surface area contributed by atoms with E-state index in [1.54, 1.807) is 42.0 Å². The van der Waals surface area contributed by atoms with Crippen LogP contribution < -0.4 is 5.69 Å². The molecule has 0 atom stereocenters. The van der Waals surface area contributed by atoms with Crippen LogP contribution in [0.3, 0.4) is 0 Å². The van der Waals surface area contributed by atoms with Crippen LogP contribution >= 0.6 is 0 Å². The van der Waals surface area contributed by atoms with E-state index in [4.69, 9.17) is 0 Å². The van der Waals surface area contributed by atoms with Crippen LogP contribution in [-0.4, -0.2) is 26.1 Å². The highest BCUT2D eigenvalue weighted by atomic mass is 16.4. The number of aromatic nitrogens is 2. The zero-order valence-electron chi connectivity index (χ0n) is 17.0. The number of carboxylic acid groups (broad SMARTS) is 1. The van der Waals surface area contributed by atoms with Crippen molar-refractivity contribution >= 4 is 18.0 Å². The molecular formula is C24H24N2O4. The van der Waals surface area contributed by atoms with Gasteiger partial charge in [-0.2, -0.15) is 0 Å². The summed E-state index contributed by atoms with van der Waals surface area (Å²) in [6.07, 6.45) is 6.44. The lowest BCUT2D eigenvalue weighted by molar-refractivity contribution is 0.0697. The smallest absolute Gasteiger partial charge is 0.336 e. The average Bonchev–Trinajstić information content (AvgIpc) is 3.07. The summed E-state index contributed by atoms with van der Waals surface area (Å²) in [7, 11) is 0. The number of carbonyl (C=O) groups excluding carboxylic acids is 1. The van der Waals surface area contributed by atoms with Crippen LogP contribution in [0.4, 0.5) is 0 Å². The molecule has 0 saturated carbocycles. The Kier molecular flexibility index (Phi) is 6.47. The normalized spacial score (nSPS) is 11.1. The highest BCUT2D eigenvalue weighted by molar-refractivity contribution is 5.96. The molecule has 0 amide bonds. The van der Waals surface area contributed by atoms with Crippen LogP contribution in [-0.2, 0) is 6.54 Å². The second-order valence-electron chi connectivity index (χ2n) is 6.90. The Balaban J connectivity index is 1.95. The van der Waals surface area contributed by atoms with Crippen LogP contribution in [0, 0.1) is 0 Å². The topological polar surface area (TPSA) is 81.3 Å². The number of allylic oxidation sites excluding steroid dienone is 1. The molecule has 6 heteroatoms. The van der Waals surface area contributed by atoms with E-state index in [0.29, 0.717) is 17.8 Å². The van der Waals surface area contributed by atoms with E-state index in [0.717, 1.165) is 22.1 Å². The second-order valence-corrected chi connectivity index (χ2v) is 6.90. The van der Waals surface area contributed by atoms with Crippen molar-refractivity contribution < 1.29 is 14.7 Å². The van der Waals surface area contributed by atoms with Gasteiger partial charge in [-0.05, 0) is 35.3 Å². The summed E-state index contributed by atoms with van der Waals surface area (Å²) >= 11 is 0. The van der Waals surface area contributed by atoms with E-state index in [1.807, 2.05) is 43.3 Å². The van der Waals surface area contributed by atoms with Crippen molar-refractivity contribution in [3.63, 3.8) is 0 Å². The van der Waals surface area contributed by atoms with Gasteiger partial charge in [0.2, 0.25) is 5.91 Å². The molecule has 0 spiro atoms. The van der Waals surface area contributed by atoms with Crippen LogP contribution in [0.15, 0.2) is 65.6 Å². The highest BCUT2D eigenvalue weighted by Crippen LogP contribution is 2.24. The number of hydrogen-bond acceptors (Lipinski definition) is 3. The van der Waals surface area contributed by atoms with Crippen LogP contribution in [0.1, 0.15) is 53.1 Å². The SMILES string of the molecule is CCC=Cc1cn(C(=O)CC)c(=O)n1Cc1ccc(-c2ccccc2C(=O)O)cc1. The van der Waals surface area contributed by atoms with Gasteiger partial charge in [0.05, 0.1) is 17.8 Å². The Morgan fingerprint density at radius 3 is 2.37 bits per heavy atom. The van der Waals surface area contributed by atoms with Crippen molar-refractivity contribution in [2.45, 2.75) is 33.2 Å². The summed E-state index contributed by atoms with van der Waals surface area (Å²) in [5.41, 5.74) is 2.85. The van der Waals surface area contributed by atoms with Crippen molar-refractivity contribution in [3.05, 3.63) is 88.1 Å². The number of benzene rings is 2. The molecule has 1 heterocycles. The fourth-order valence-electron chi connectivity index (χ4n) is 3.27. The molecule has 1 aromatic heterocycles. The molecule has 2 aromatic carbocycles. The van der Waals surface area contributed by atoms with Gasteiger partial charge in [-0.25, -0.2) is 14.2 Å². The fourth-order valence-corrected chi connectivity index (χ4v) is 3.27. The maximum atomic E-state index is 12.8. The number of nitrogens with zero attached hydrogens (tertiary/aromatic N) is 2. The molecule has 6 nitrogen and oxygen atoms in total. The monoisotopic (exact) mass is 404 g/mol. The Morgan fingerprint density at radius 2 is 1.73 bits per heavy atom. The Labute approximate surface area is 174 Å². The molecule has 154 valence electrons. The minimum absolute atomic E-state index is 0.239. The fraction of sp³-hybridized carbons (Fsp3) is 0.208. The first-order chi connectivity index (χ1) is 14.5. The lowest BCUT2D eigenvalue weighted by Gasteiger charge is -2.09. The zero-order chi connectivity index (χ0) is 21.7. The third-order valence-electron chi connectivity index (χ3n) is 4.87. The van der Waals surface area contributed by atoms with E-state index in [-0.39, 0.29) is 23.6 Å². The van der Waals surface area contributed by atoms with Crippen molar-refractivity contribution in [1.82, 2.24) is 9.13 Å². The molecule has 0 unspecified atom stereocenters. The molecule has 30 heavy (non-hydrogen) atoms. The van der Waals surface area contributed by atoms with Crippen LogP contribution in [0.5, 0.6) is 0 Å². The van der Waals surface area contributed by atoms with Gasteiger partial charge in [-0.3, -0.25) is 9.36 Å². The molecule has 1 N–H and O–H groups in total. The Hall–Kier alpha value is -3.67. The van der Waals surface area contributed by atoms with Gasteiger partial charge >= 0.3 is 11.7 Å². The van der Waals surface area contributed by atoms with Gasteiger partial charge in [0.1, 0.15) is 0 Å². The summed E-state index contributed by atoms with van der Waals surface area (Å²) in [6.45, 7) is 4.04. The Bertz CT molecular complexity index is 1150. The summed E-state index contributed by atoms with van der Waals surface area (Å²) in [5, 5.41) is 9.40. The molecule has 0 aliphatic heterocycles. The van der Waals surface area contributed by atoms with E-state index in [2.05, 4.69) is 0 Å². The summed E-state index contributed by atoms with van der Waals surface area (Å²) in [5.74, 6) is -1.22. The maximum absolute atomic E-state index is 12.8. The molecular weight excluding hydrogens is 380 g/mol. The number of carboxylic acids is 1. The molecule has 0 aliphatic carbocycles. The predicted octanol–water partition coefficient (Wildman–Crippen LogP) is 4.54. The van der Waals surface area contributed by atoms with Gasteiger partial charge < -0.3 is 5.11 Å². The molecule has 3 aromatic rings. The largest absolute Gasteiger partial charge is 0.478 e. The molecule has 3 rings (SSSR count).